The minimum Gasteiger partial charge on any atom is -0.512 e. The Morgan fingerprint density at radius 2 is 1.11 bits per heavy atom. The number of carbonyl (C=O) groups is 3. The van der Waals surface area contributed by atoms with Crippen molar-refractivity contribution in [2.24, 2.45) is 34.5 Å². The van der Waals surface area contributed by atoms with Crippen LogP contribution in [0.25, 0.3) is 21.5 Å². The Morgan fingerprint density at radius 3 is 1.58 bits per heavy atom. The second-order valence-corrected chi connectivity index (χ2v) is 21.8. The Bertz CT molecular complexity index is 2250. The second-order valence-electron chi connectivity index (χ2n) is 21.8. The van der Waals surface area contributed by atoms with Gasteiger partial charge in [0.1, 0.15) is 17.8 Å². The smallest absolute Gasteiger partial charge is 0.512 e. The number of aldehydes is 1. The van der Waals surface area contributed by atoms with E-state index in [0.717, 1.165) is 124 Å². The average Bonchev–Trinajstić information content (AvgIpc) is 3.35. The summed E-state index contributed by atoms with van der Waals surface area (Å²) in [5.74, 6) is 3.57. The molecule has 2 atom stereocenters. The Morgan fingerprint density at radius 1 is 0.653 bits per heavy atom. The minimum atomic E-state index is -0.0419. The standard InChI is InChI=1S/C29H41NO3.C21H26O2.C8H15NO2.CN.CH4.B.Na/c1-5-32-28(31)24-7-6-16-30(20-24)19-21-8-9-23-18-27(13-10-22(23)17-21)33-26-14-11-25(12-15-26)29(2,3)4;1-21(2,3)18-7-10-19(11-8-18)23-20-9-6-16-12-15(14-22)4-5-17(16)13-20;1-2-11-8(10)7-4-3-5-9-6-7;1-2;;;/h8-10,13,17-18,24-26H,5-7,11-12,14-16,19-20H2,1-4H3;4-6,9,12-14,18-19H,7-8,10-11H2,1-3H3;7,9H,2-6H2,1H3;;1H4;;/q;;;-1;;;+1/t24-,25?,26?;;7-;;;;/m0.0..../s1. The molecule has 4 fully saturated rings. The van der Waals surface area contributed by atoms with Crippen LogP contribution in [0, 0.1) is 46.3 Å². The van der Waals surface area contributed by atoms with Gasteiger partial charge in [-0.15, -0.1) is 0 Å². The van der Waals surface area contributed by atoms with E-state index < -0.39 is 0 Å². The van der Waals surface area contributed by atoms with E-state index in [1.165, 1.54) is 42.0 Å². The summed E-state index contributed by atoms with van der Waals surface area (Å²) < 4.78 is 22.7. The van der Waals surface area contributed by atoms with Gasteiger partial charge < -0.3 is 36.1 Å². The number of fused-ring (bicyclic) bond motifs is 2. The summed E-state index contributed by atoms with van der Waals surface area (Å²) in [6, 6.07) is 25.1. The molecule has 4 aromatic carbocycles. The van der Waals surface area contributed by atoms with E-state index in [4.69, 9.17) is 30.8 Å². The summed E-state index contributed by atoms with van der Waals surface area (Å²) in [5.41, 5.74) is 2.82. The first-order valence-corrected chi connectivity index (χ1v) is 26.0. The predicted octanol–water partition coefficient (Wildman–Crippen LogP) is 10.1. The van der Waals surface area contributed by atoms with E-state index in [-0.39, 0.29) is 69.2 Å². The normalized spacial score (nSPS) is 22.1. The Balaban J connectivity index is 0.000000396. The molecule has 8 rings (SSSR count). The third-order valence-electron chi connectivity index (χ3n) is 14.7. The van der Waals surface area contributed by atoms with Gasteiger partial charge in [-0.1, -0.05) is 85.4 Å². The molecule has 4 aromatic rings. The summed E-state index contributed by atoms with van der Waals surface area (Å²) in [7, 11) is 0. The van der Waals surface area contributed by atoms with Crippen LogP contribution >= 0.6 is 0 Å². The fourth-order valence-corrected chi connectivity index (χ4v) is 10.5. The molecule has 2 heterocycles. The molecule has 72 heavy (non-hydrogen) atoms. The van der Waals surface area contributed by atoms with E-state index in [1.54, 1.807) is 0 Å². The first-order chi connectivity index (χ1) is 33.1. The van der Waals surface area contributed by atoms with Gasteiger partial charge in [0.15, 0.2) is 0 Å². The molecule has 1 N–H and O–H groups in total. The van der Waals surface area contributed by atoms with Gasteiger partial charge in [0.05, 0.1) is 37.3 Å². The molecule has 2 aliphatic heterocycles. The first-order valence-electron chi connectivity index (χ1n) is 26.0. The van der Waals surface area contributed by atoms with Crippen LogP contribution in [0.4, 0.5) is 0 Å². The quantitative estimate of drug-likeness (QED) is 0.0672. The monoisotopic (exact) mass is 995 g/mol. The zero-order valence-corrected chi connectivity index (χ0v) is 46.7. The largest absolute Gasteiger partial charge is 1.00 e. The fourth-order valence-electron chi connectivity index (χ4n) is 10.5. The Labute approximate surface area is 458 Å². The van der Waals surface area contributed by atoms with Crippen LogP contribution in [-0.4, -0.2) is 83.1 Å². The Hall–Kier alpha value is -3.92. The average molecular weight is 995 g/mol. The van der Waals surface area contributed by atoms with Crippen molar-refractivity contribution in [3.05, 3.63) is 90.5 Å². The van der Waals surface area contributed by atoms with Crippen molar-refractivity contribution in [3.63, 3.8) is 0 Å². The molecular weight excluding hydrogens is 908 g/mol. The SMILES string of the molecule is C.CC(C)(C)C1CCC(Oc2ccc3cc(C=O)ccc3c2)CC1.CCOC(=O)[C@H]1CCCN(Cc2ccc3cc(OC4CCC(C(C)(C)C)CC4)ccc3c2)C1.CCOC(=O)[C@H]1CCCNC1.[B].[C-]#N.[Na+]. The van der Waals surface area contributed by atoms with Crippen molar-refractivity contribution in [2.45, 2.75) is 159 Å². The van der Waals surface area contributed by atoms with Crippen LogP contribution in [0.3, 0.4) is 0 Å². The predicted molar refractivity (Wildman–Crippen MR) is 289 cm³/mol. The maximum absolute atomic E-state index is 12.1. The van der Waals surface area contributed by atoms with Gasteiger partial charge >= 0.3 is 41.5 Å². The number of benzene rings is 4. The van der Waals surface area contributed by atoms with Gasteiger partial charge in [0.25, 0.3) is 0 Å². The molecular formula is C60H86BN3NaO7. The number of nitrogens with one attached hydrogen (secondary N) is 1. The molecule has 2 aliphatic carbocycles. The summed E-state index contributed by atoms with van der Waals surface area (Å²) in [6.07, 6.45) is 15.2. The molecule has 4 aliphatic rings. The molecule has 0 spiro atoms. The van der Waals surface area contributed by atoms with Gasteiger partial charge in [-0.25, -0.2) is 0 Å². The summed E-state index contributed by atoms with van der Waals surface area (Å²) in [6.45, 7) is 28.1. The molecule has 10 nitrogen and oxygen atoms in total. The number of ether oxygens (including phenoxy) is 4. The van der Waals surface area contributed by atoms with Crippen molar-refractivity contribution in [2.75, 3.05) is 39.4 Å². The topological polar surface area (TPSA) is 127 Å². The Kier molecular flexibility index (Phi) is 28.3. The van der Waals surface area contributed by atoms with E-state index in [1.807, 2.05) is 44.2 Å². The van der Waals surface area contributed by atoms with Crippen molar-refractivity contribution < 1.29 is 62.9 Å². The van der Waals surface area contributed by atoms with Crippen LogP contribution in [0.15, 0.2) is 72.8 Å². The van der Waals surface area contributed by atoms with Gasteiger partial charge in [-0.2, -0.15) is 0 Å². The molecule has 12 heteroatoms. The molecule has 387 valence electrons. The zero-order chi connectivity index (χ0) is 50.0. The van der Waals surface area contributed by atoms with Crippen LogP contribution in [-0.2, 0) is 25.6 Å². The van der Waals surface area contributed by atoms with E-state index >= 15 is 0 Å². The summed E-state index contributed by atoms with van der Waals surface area (Å²) in [4.78, 5) is 36.5. The fraction of sp³-hybridized carbons (Fsp3) is 0.600. The molecule has 0 aromatic heterocycles. The van der Waals surface area contributed by atoms with E-state index in [2.05, 4.69) is 94.2 Å². The molecule has 3 radical (unpaired) electrons. The van der Waals surface area contributed by atoms with Crippen LogP contribution in [0.5, 0.6) is 11.5 Å². The van der Waals surface area contributed by atoms with Crippen molar-refractivity contribution in [1.82, 2.24) is 10.2 Å². The van der Waals surface area contributed by atoms with Crippen LogP contribution in [0.2, 0.25) is 0 Å². The third kappa shape index (κ3) is 20.1. The third-order valence-corrected chi connectivity index (χ3v) is 14.7. The first kappa shape index (κ1) is 64.2. The van der Waals surface area contributed by atoms with Gasteiger partial charge in [-0.05, 0) is 190 Å². The number of nitrogens with zero attached hydrogens (tertiary/aromatic N) is 2. The number of esters is 2. The summed E-state index contributed by atoms with van der Waals surface area (Å²) >= 11 is 0. The maximum atomic E-state index is 12.1. The number of hydrogen-bond acceptors (Lipinski definition) is 10. The van der Waals surface area contributed by atoms with Gasteiger partial charge in [-0.3, -0.25) is 19.3 Å². The number of rotatable bonds is 11. The molecule has 0 amide bonds. The van der Waals surface area contributed by atoms with E-state index in [9.17, 15) is 14.4 Å². The number of hydrogen-bond donors (Lipinski definition) is 1. The minimum absolute atomic E-state index is 0. The summed E-state index contributed by atoms with van der Waals surface area (Å²) in [5, 5.41) is 14.1. The van der Waals surface area contributed by atoms with Gasteiger partial charge in [0, 0.05) is 33.6 Å². The van der Waals surface area contributed by atoms with Crippen LogP contribution in [0.1, 0.15) is 156 Å². The van der Waals surface area contributed by atoms with Crippen LogP contribution < -0.4 is 44.3 Å². The second kappa shape index (κ2) is 31.7. The maximum Gasteiger partial charge on any atom is 1.00 e. The molecule has 0 bridgehead atoms. The van der Waals surface area contributed by atoms with E-state index in [0.29, 0.717) is 41.8 Å². The number of piperidine rings is 2. The van der Waals surface area contributed by atoms with Crippen molar-refractivity contribution in [3.8, 4) is 11.5 Å². The molecule has 0 unspecified atom stereocenters. The van der Waals surface area contributed by atoms with Gasteiger partial charge in [0.2, 0.25) is 0 Å². The zero-order valence-electron chi connectivity index (χ0n) is 44.7. The van der Waals surface area contributed by atoms with Crippen molar-refractivity contribution in [1.29, 1.82) is 5.26 Å². The molecule has 2 saturated carbocycles. The molecule has 2 saturated heterocycles. The number of likely N-dealkylation sites (tertiary alicyclic amines) is 1. The van der Waals surface area contributed by atoms with Crippen molar-refractivity contribution >= 4 is 48.2 Å². The number of carbonyl (C=O) groups excluding carboxylic acids is 3.